The summed E-state index contributed by atoms with van der Waals surface area (Å²) in [6.07, 6.45) is 1.59. The van der Waals surface area contributed by atoms with Crippen LogP contribution in [0.2, 0.25) is 0 Å². The molecule has 1 saturated heterocycles. The van der Waals surface area contributed by atoms with Gasteiger partial charge in [-0.25, -0.2) is 8.42 Å². The first kappa shape index (κ1) is 21.5. The van der Waals surface area contributed by atoms with E-state index in [4.69, 9.17) is 9.26 Å². The van der Waals surface area contributed by atoms with Gasteiger partial charge in [0.05, 0.1) is 12.0 Å². The van der Waals surface area contributed by atoms with Gasteiger partial charge in [-0.15, -0.1) is 0 Å². The average Bonchev–Trinajstić information content (AvgIpc) is 3.03. The molecular formula is C21H28N2O5S. The first-order valence-electron chi connectivity index (χ1n) is 9.86. The Balaban J connectivity index is 2.00. The van der Waals surface area contributed by atoms with Crippen LogP contribution in [0.1, 0.15) is 42.3 Å². The van der Waals surface area contributed by atoms with E-state index in [1.54, 1.807) is 20.8 Å². The highest BCUT2D eigenvalue weighted by atomic mass is 32.2. The maximum absolute atomic E-state index is 13.4. The molecule has 29 heavy (non-hydrogen) atoms. The summed E-state index contributed by atoms with van der Waals surface area (Å²) in [4.78, 5) is 13.1. The minimum Gasteiger partial charge on any atom is -0.466 e. The lowest BCUT2D eigenvalue weighted by Crippen LogP contribution is -2.51. The Hall–Kier alpha value is -2.19. The molecule has 0 radical (unpaired) electrons. The second kappa shape index (κ2) is 8.28. The fraction of sp³-hybridized carbons (Fsp3) is 0.524. The molecule has 2 heterocycles. The van der Waals surface area contributed by atoms with Crippen LogP contribution in [0.4, 0.5) is 0 Å². The number of nitrogens with zero attached hydrogens (tertiary/aromatic N) is 2. The van der Waals surface area contributed by atoms with Gasteiger partial charge in [-0.05, 0) is 58.1 Å². The zero-order valence-electron chi connectivity index (χ0n) is 17.4. The van der Waals surface area contributed by atoms with Gasteiger partial charge in [0.15, 0.2) is 5.76 Å². The number of ether oxygens (including phenoxy) is 1. The fourth-order valence-corrected chi connectivity index (χ4v) is 5.96. The zero-order valence-corrected chi connectivity index (χ0v) is 18.2. The second-order valence-corrected chi connectivity index (χ2v) is 9.57. The first-order valence-corrected chi connectivity index (χ1v) is 11.3. The number of aryl methyl sites for hydroxylation is 3. The van der Waals surface area contributed by atoms with Gasteiger partial charge in [0, 0.05) is 13.1 Å². The van der Waals surface area contributed by atoms with Crippen molar-refractivity contribution in [2.45, 2.75) is 51.9 Å². The van der Waals surface area contributed by atoms with Crippen molar-refractivity contribution in [1.82, 2.24) is 9.46 Å². The molecule has 0 saturated carbocycles. The number of sulfonamides is 1. The monoisotopic (exact) mass is 420 g/mol. The molecule has 0 N–H and O–H groups in total. The summed E-state index contributed by atoms with van der Waals surface area (Å²) in [6.45, 7) is 7.64. The third-order valence-electron chi connectivity index (χ3n) is 5.61. The van der Waals surface area contributed by atoms with Gasteiger partial charge in [0.2, 0.25) is 10.0 Å². The van der Waals surface area contributed by atoms with E-state index in [1.165, 1.54) is 4.31 Å². The largest absolute Gasteiger partial charge is 0.466 e. The van der Waals surface area contributed by atoms with Gasteiger partial charge in [0.1, 0.15) is 10.6 Å². The number of carbonyl (C=O) groups is 1. The van der Waals surface area contributed by atoms with Crippen molar-refractivity contribution in [2.24, 2.45) is 5.41 Å². The maximum Gasteiger partial charge on any atom is 0.313 e. The molecule has 0 spiro atoms. The molecule has 0 aliphatic carbocycles. The number of hydrogen-bond acceptors (Lipinski definition) is 6. The topological polar surface area (TPSA) is 89.7 Å². The van der Waals surface area contributed by atoms with Gasteiger partial charge in [0.25, 0.3) is 0 Å². The van der Waals surface area contributed by atoms with Crippen molar-refractivity contribution >= 4 is 16.0 Å². The van der Waals surface area contributed by atoms with Crippen LogP contribution in [-0.2, 0) is 26.0 Å². The molecule has 1 aromatic carbocycles. The number of carbonyl (C=O) groups excluding carboxylic acids is 1. The Kier molecular flexibility index (Phi) is 6.14. The summed E-state index contributed by atoms with van der Waals surface area (Å²) in [7, 11) is -3.83. The van der Waals surface area contributed by atoms with E-state index in [0.717, 1.165) is 11.1 Å². The van der Waals surface area contributed by atoms with Crippen molar-refractivity contribution in [2.75, 3.05) is 19.7 Å². The first-order chi connectivity index (χ1) is 13.7. The minimum atomic E-state index is -3.83. The molecule has 1 aromatic heterocycles. The van der Waals surface area contributed by atoms with E-state index >= 15 is 0 Å². The van der Waals surface area contributed by atoms with Crippen LogP contribution in [0.3, 0.4) is 0 Å². The van der Waals surface area contributed by atoms with Crippen LogP contribution in [0.25, 0.3) is 0 Å². The minimum absolute atomic E-state index is 0.0760. The van der Waals surface area contributed by atoms with Gasteiger partial charge < -0.3 is 9.26 Å². The molecule has 1 atom stereocenters. The molecule has 0 amide bonds. The second-order valence-electron chi connectivity index (χ2n) is 7.70. The number of rotatable bonds is 6. The van der Waals surface area contributed by atoms with Crippen LogP contribution in [-0.4, -0.2) is 43.5 Å². The number of aromatic nitrogens is 1. The normalized spacial score (nSPS) is 20.6. The summed E-state index contributed by atoms with van der Waals surface area (Å²) in [6, 6.07) is 7.86. The third-order valence-corrected chi connectivity index (χ3v) is 7.70. The summed E-state index contributed by atoms with van der Waals surface area (Å²) in [5.41, 5.74) is 1.50. The maximum atomic E-state index is 13.4. The predicted octanol–water partition coefficient (Wildman–Crippen LogP) is 3.18. The highest BCUT2D eigenvalue weighted by molar-refractivity contribution is 7.89. The fourth-order valence-electron chi connectivity index (χ4n) is 4.11. The van der Waals surface area contributed by atoms with E-state index in [9.17, 15) is 13.2 Å². The number of hydrogen-bond donors (Lipinski definition) is 0. The van der Waals surface area contributed by atoms with Crippen LogP contribution in [0, 0.1) is 26.2 Å². The van der Waals surface area contributed by atoms with E-state index in [-0.39, 0.29) is 29.8 Å². The van der Waals surface area contributed by atoms with Crippen molar-refractivity contribution in [3.05, 3.63) is 46.8 Å². The molecule has 158 valence electrons. The standard InChI is InChI=1S/C21H28N2O5S/c1-5-27-20(24)21(13-18-10-7-6-9-15(18)2)11-8-12-23(14-21)29(25,26)19-16(3)22-28-17(19)4/h6-7,9-10H,5,8,11-14H2,1-4H3/t21-/m0/s1. The Morgan fingerprint density at radius 2 is 2.00 bits per heavy atom. The molecule has 1 aliphatic heterocycles. The molecule has 2 aromatic rings. The lowest BCUT2D eigenvalue weighted by atomic mass is 9.75. The summed E-state index contributed by atoms with van der Waals surface area (Å²) >= 11 is 0. The smallest absolute Gasteiger partial charge is 0.313 e. The Morgan fingerprint density at radius 3 is 2.62 bits per heavy atom. The highest BCUT2D eigenvalue weighted by Gasteiger charge is 2.47. The van der Waals surface area contributed by atoms with E-state index in [2.05, 4.69) is 5.16 Å². The predicted molar refractivity (Wildman–Crippen MR) is 108 cm³/mol. The van der Waals surface area contributed by atoms with Crippen molar-refractivity contribution in [3.63, 3.8) is 0 Å². The average molecular weight is 421 g/mol. The van der Waals surface area contributed by atoms with Crippen LogP contribution < -0.4 is 0 Å². The Bertz CT molecular complexity index is 979. The van der Waals surface area contributed by atoms with Gasteiger partial charge >= 0.3 is 5.97 Å². The Labute approximate surface area is 172 Å². The lowest BCUT2D eigenvalue weighted by molar-refractivity contribution is -0.157. The molecule has 8 heteroatoms. The van der Waals surface area contributed by atoms with Crippen LogP contribution >= 0.6 is 0 Å². The zero-order chi connectivity index (χ0) is 21.2. The van der Waals surface area contributed by atoms with E-state index in [1.807, 2.05) is 31.2 Å². The van der Waals surface area contributed by atoms with Gasteiger partial charge in [-0.1, -0.05) is 29.4 Å². The molecule has 0 unspecified atom stereocenters. The number of piperidine rings is 1. The third kappa shape index (κ3) is 4.09. The molecule has 1 aliphatic rings. The molecule has 3 rings (SSSR count). The van der Waals surface area contributed by atoms with E-state index in [0.29, 0.717) is 31.5 Å². The Morgan fingerprint density at radius 1 is 1.28 bits per heavy atom. The van der Waals surface area contributed by atoms with Gasteiger partial charge in [-0.2, -0.15) is 4.31 Å². The molecule has 0 bridgehead atoms. The summed E-state index contributed by atoms with van der Waals surface area (Å²) < 4.78 is 38.6. The molecule has 1 fully saturated rings. The summed E-state index contributed by atoms with van der Waals surface area (Å²) in [5, 5.41) is 3.79. The SMILES string of the molecule is CCOC(=O)[C@]1(Cc2ccccc2C)CCCN(S(=O)(=O)c2c(C)noc2C)C1. The van der Waals surface area contributed by atoms with Crippen molar-refractivity contribution in [1.29, 1.82) is 0 Å². The molecular weight excluding hydrogens is 392 g/mol. The number of esters is 1. The lowest BCUT2D eigenvalue weighted by Gasteiger charge is -2.40. The van der Waals surface area contributed by atoms with Gasteiger partial charge in [-0.3, -0.25) is 4.79 Å². The van der Waals surface area contributed by atoms with Crippen molar-refractivity contribution < 1.29 is 22.5 Å². The number of benzene rings is 1. The quantitative estimate of drug-likeness (QED) is 0.667. The van der Waals surface area contributed by atoms with Crippen LogP contribution in [0.15, 0.2) is 33.7 Å². The van der Waals surface area contributed by atoms with Crippen molar-refractivity contribution in [3.8, 4) is 0 Å². The highest BCUT2D eigenvalue weighted by Crippen LogP contribution is 2.38. The molecule has 7 nitrogen and oxygen atoms in total. The van der Waals surface area contributed by atoms with E-state index < -0.39 is 15.4 Å². The van der Waals surface area contributed by atoms with Crippen LogP contribution in [0.5, 0.6) is 0 Å². The summed E-state index contributed by atoms with van der Waals surface area (Å²) in [5.74, 6) is -0.0874.